The number of para-hydroxylation sites is 1. The van der Waals surface area contributed by atoms with E-state index in [-0.39, 0.29) is 17.6 Å². The first-order valence-electron chi connectivity index (χ1n) is 16.6. The molecule has 4 fully saturated rings. The van der Waals surface area contributed by atoms with Gasteiger partial charge in [0.25, 0.3) is 0 Å². The average Bonchev–Trinajstić information content (AvgIpc) is 3.64. The zero-order valence-electron chi connectivity index (χ0n) is 28.2. The van der Waals surface area contributed by atoms with Gasteiger partial charge in [0, 0.05) is 76.1 Å². The highest BCUT2D eigenvalue weighted by molar-refractivity contribution is 7.99. The van der Waals surface area contributed by atoms with Crippen molar-refractivity contribution >= 4 is 23.4 Å². The fourth-order valence-electron chi connectivity index (χ4n) is 4.65. The summed E-state index contributed by atoms with van der Waals surface area (Å²) >= 11 is 2.03. The molecule has 0 saturated carbocycles. The molecule has 2 aromatic carbocycles. The minimum absolute atomic E-state index is 0.0655. The predicted octanol–water partition coefficient (Wildman–Crippen LogP) is 3.51. The molecule has 4 heterocycles. The van der Waals surface area contributed by atoms with Gasteiger partial charge < -0.3 is 41.0 Å². The predicted molar refractivity (Wildman–Crippen MR) is 191 cm³/mol. The van der Waals surface area contributed by atoms with Gasteiger partial charge in [-0.1, -0.05) is 48.5 Å². The van der Waals surface area contributed by atoms with E-state index in [1.54, 1.807) is 0 Å². The third-order valence-corrected chi connectivity index (χ3v) is 7.89. The van der Waals surface area contributed by atoms with Gasteiger partial charge >= 0.3 is 5.97 Å². The van der Waals surface area contributed by atoms with E-state index < -0.39 is 0 Å². The van der Waals surface area contributed by atoms with Crippen LogP contribution in [0.1, 0.15) is 39.2 Å². The summed E-state index contributed by atoms with van der Waals surface area (Å²) in [6, 6.07) is 20.9. The number of hydrogen-bond acceptors (Lipinski definition) is 10. The Morgan fingerprint density at radius 2 is 1.44 bits per heavy atom. The fraction of sp³-hybridized carbons (Fsp3) is 0.629. The van der Waals surface area contributed by atoms with Crippen molar-refractivity contribution in [1.29, 1.82) is 0 Å². The number of esters is 1. The second-order valence-electron chi connectivity index (χ2n) is 12.0. The molecule has 5 N–H and O–H groups in total. The van der Waals surface area contributed by atoms with Gasteiger partial charge in [-0.2, -0.15) is 11.8 Å². The van der Waals surface area contributed by atoms with Gasteiger partial charge in [-0.25, -0.2) is 0 Å². The summed E-state index contributed by atoms with van der Waals surface area (Å²) in [5, 5.41) is 16.0. The largest absolute Gasteiger partial charge is 0.459 e. The Hall–Kier alpha value is -2.18. The van der Waals surface area contributed by atoms with E-state index in [1.165, 1.54) is 35.8 Å². The summed E-state index contributed by atoms with van der Waals surface area (Å²) in [7, 11) is 1.95. The van der Waals surface area contributed by atoms with Crippen LogP contribution in [0.4, 0.5) is 5.69 Å². The lowest BCUT2D eigenvalue weighted by Crippen LogP contribution is -2.43. The molecule has 0 aromatic heterocycles. The molecule has 254 valence electrons. The van der Waals surface area contributed by atoms with Gasteiger partial charge in [-0.05, 0) is 64.9 Å². The summed E-state index contributed by atoms with van der Waals surface area (Å²) in [5.41, 5.74) is 2.32. The molecule has 2 aromatic rings. The van der Waals surface area contributed by atoms with Crippen molar-refractivity contribution in [3.8, 4) is 0 Å². The lowest BCUT2D eigenvalue weighted by atomic mass is 10.2. The molecule has 0 bridgehead atoms. The Kier molecular flexibility index (Phi) is 21.6. The smallest absolute Gasteiger partial charge is 0.323 e. The maximum absolute atomic E-state index is 11.4. The second kappa shape index (κ2) is 25.0. The van der Waals surface area contributed by atoms with E-state index in [4.69, 9.17) is 9.47 Å². The zero-order chi connectivity index (χ0) is 32.4. The van der Waals surface area contributed by atoms with Crippen molar-refractivity contribution in [3.63, 3.8) is 0 Å². The molecule has 10 heteroatoms. The van der Waals surface area contributed by atoms with E-state index in [2.05, 4.69) is 73.9 Å². The first-order valence-corrected chi connectivity index (χ1v) is 17.8. The lowest BCUT2D eigenvalue weighted by Gasteiger charge is -2.29. The van der Waals surface area contributed by atoms with Crippen LogP contribution in [0.3, 0.4) is 0 Å². The summed E-state index contributed by atoms with van der Waals surface area (Å²) in [5.74, 6) is 2.50. The quantitative estimate of drug-likeness (QED) is 0.318. The first kappa shape index (κ1) is 39.0. The summed E-state index contributed by atoms with van der Waals surface area (Å²) in [4.78, 5) is 13.8. The number of ether oxygens (including phenoxy) is 2. The molecule has 4 saturated heterocycles. The standard InChI is InChI=1S/C10H14N2.C9H17NO2.C8H11N.C4H9NO.C4H9NS/c1-2-4-10(5-3-1)12-8-6-11-7-9-12;1-9(2,3)12-8(11)7-5-4-6-10-7;1-9-7-8-5-3-2-4-6-8;2*1-3-6-4-2-5-1/h1-5,11H,6-9H2;7,10H,4-6H2,1-3H3;2-6,9H,7H2,1H3;2*5H,1-4H2/t;7-;;;/m.0.../s1. The molecule has 0 spiro atoms. The highest BCUT2D eigenvalue weighted by atomic mass is 32.2. The number of piperazine rings is 1. The normalized spacial score (nSPS) is 19.5. The highest BCUT2D eigenvalue weighted by Gasteiger charge is 2.27. The molecular weight excluding hydrogens is 584 g/mol. The number of hydrogen-bond donors (Lipinski definition) is 5. The molecule has 0 radical (unpaired) electrons. The Morgan fingerprint density at radius 1 is 0.867 bits per heavy atom. The maximum Gasteiger partial charge on any atom is 0.323 e. The maximum atomic E-state index is 11.4. The Morgan fingerprint density at radius 3 is 1.87 bits per heavy atom. The van der Waals surface area contributed by atoms with Crippen LogP contribution in [0.2, 0.25) is 0 Å². The summed E-state index contributed by atoms with van der Waals surface area (Å²) in [6.07, 6.45) is 1.98. The molecule has 9 nitrogen and oxygen atoms in total. The molecule has 0 amide bonds. The van der Waals surface area contributed by atoms with Gasteiger partial charge in [0.15, 0.2) is 0 Å². The molecule has 0 aliphatic carbocycles. The van der Waals surface area contributed by atoms with Gasteiger partial charge in [0.2, 0.25) is 0 Å². The van der Waals surface area contributed by atoms with Crippen LogP contribution >= 0.6 is 11.8 Å². The molecule has 4 aliphatic heterocycles. The van der Waals surface area contributed by atoms with E-state index >= 15 is 0 Å². The number of benzene rings is 2. The second-order valence-corrected chi connectivity index (χ2v) is 13.2. The van der Waals surface area contributed by atoms with Crippen molar-refractivity contribution in [2.75, 3.05) is 95.6 Å². The fourth-order valence-corrected chi connectivity index (χ4v) is 5.43. The minimum Gasteiger partial charge on any atom is -0.459 e. The van der Waals surface area contributed by atoms with Crippen LogP contribution in [0, 0.1) is 0 Å². The van der Waals surface area contributed by atoms with E-state index in [0.717, 1.165) is 78.4 Å². The van der Waals surface area contributed by atoms with Gasteiger partial charge in [0.1, 0.15) is 11.6 Å². The van der Waals surface area contributed by atoms with Crippen molar-refractivity contribution in [2.24, 2.45) is 0 Å². The first-order chi connectivity index (χ1) is 21.9. The highest BCUT2D eigenvalue weighted by Crippen LogP contribution is 2.14. The number of thioether (sulfide) groups is 1. The topological polar surface area (TPSA) is 98.9 Å². The van der Waals surface area contributed by atoms with Crippen molar-refractivity contribution in [3.05, 3.63) is 66.2 Å². The Labute approximate surface area is 277 Å². The Bertz CT molecular complexity index is 925. The Balaban J connectivity index is 0.000000202. The third-order valence-electron chi connectivity index (χ3n) is 6.91. The number of nitrogens with zero attached hydrogens (tertiary/aromatic N) is 1. The van der Waals surface area contributed by atoms with Crippen LogP contribution in [-0.2, 0) is 20.8 Å². The third kappa shape index (κ3) is 20.5. The summed E-state index contributed by atoms with van der Waals surface area (Å²) in [6.45, 7) is 18.3. The van der Waals surface area contributed by atoms with Gasteiger partial charge in [-0.15, -0.1) is 0 Å². The molecule has 45 heavy (non-hydrogen) atoms. The van der Waals surface area contributed by atoms with Gasteiger partial charge in [0.05, 0.1) is 13.2 Å². The van der Waals surface area contributed by atoms with Crippen molar-refractivity contribution < 1.29 is 14.3 Å². The number of carbonyl (C=O) groups is 1. The average molecular weight is 645 g/mol. The molecular formula is C35H60N6O3S. The van der Waals surface area contributed by atoms with Crippen LogP contribution in [0.5, 0.6) is 0 Å². The number of rotatable bonds is 4. The SMILES string of the molecule is C1COCCN1.C1CSCCN1.CC(C)(C)OC(=O)[C@@H]1CCCN1.CNCc1ccccc1.c1ccc(N2CCNCC2)cc1. The van der Waals surface area contributed by atoms with Crippen LogP contribution in [0.25, 0.3) is 0 Å². The van der Waals surface area contributed by atoms with Crippen molar-refractivity contribution in [1.82, 2.24) is 26.6 Å². The van der Waals surface area contributed by atoms with Crippen LogP contribution in [0.15, 0.2) is 60.7 Å². The number of anilines is 1. The van der Waals surface area contributed by atoms with Gasteiger partial charge in [-0.3, -0.25) is 4.79 Å². The molecule has 4 aliphatic rings. The minimum atomic E-state index is -0.360. The van der Waals surface area contributed by atoms with Crippen LogP contribution in [-0.4, -0.2) is 108 Å². The summed E-state index contributed by atoms with van der Waals surface area (Å²) < 4.78 is 10.2. The molecule has 0 unspecified atom stereocenters. The number of nitrogens with one attached hydrogen (secondary N) is 5. The molecule has 6 rings (SSSR count). The lowest BCUT2D eigenvalue weighted by molar-refractivity contribution is -0.157. The molecule has 1 atom stereocenters. The van der Waals surface area contributed by atoms with E-state index in [0.29, 0.717) is 0 Å². The monoisotopic (exact) mass is 644 g/mol. The van der Waals surface area contributed by atoms with Crippen molar-refractivity contribution in [2.45, 2.75) is 51.8 Å². The van der Waals surface area contributed by atoms with E-state index in [9.17, 15) is 4.79 Å². The zero-order valence-corrected chi connectivity index (χ0v) is 29.1. The number of carbonyl (C=O) groups excluding carboxylic acids is 1. The van der Waals surface area contributed by atoms with E-state index in [1.807, 2.05) is 57.8 Å². The van der Waals surface area contributed by atoms with Crippen LogP contribution < -0.4 is 31.5 Å². The number of morpholine rings is 1.